The molecule has 0 saturated heterocycles. The Kier molecular flexibility index (Phi) is 5.28. The fraction of sp³-hybridized carbons (Fsp3) is 0.200. The van der Waals surface area contributed by atoms with Crippen LogP contribution in [0, 0.1) is 0 Å². The maximum Gasteiger partial charge on any atom is 0.226 e. The van der Waals surface area contributed by atoms with Crippen LogP contribution < -0.4 is 10.1 Å². The van der Waals surface area contributed by atoms with Gasteiger partial charge in [0, 0.05) is 18.8 Å². The third-order valence-corrected chi connectivity index (χ3v) is 4.58. The van der Waals surface area contributed by atoms with Crippen molar-refractivity contribution in [3.05, 3.63) is 64.8 Å². The molecule has 2 aromatic carbocycles. The molecule has 6 heteroatoms. The topological polar surface area (TPSA) is 58.6 Å². The summed E-state index contributed by atoms with van der Waals surface area (Å²) in [6.45, 7) is 1.49. The van der Waals surface area contributed by atoms with Gasteiger partial charge in [0.15, 0.2) is 0 Å². The Morgan fingerprint density at radius 3 is 2.69 bits per heavy atom. The van der Waals surface area contributed by atoms with Crippen molar-refractivity contribution in [3.8, 4) is 5.75 Å². The van der Waals surface area contributed by atoms with Gasteiger partial charge in [-0.05, 0) is 35.4 Å². The SMILES string of the molecule is COc1ccc(NC(=O)C[C@H]2c3ccccc3C=CN2C(C)=O)cc1Cl. The van der Waals surface area contributed by atoms with Crippen LogP contribution >= 0.6 is 11.6 Å². The average Bonchev–Trinajstić information content (AvgIpc) is 2.62. The maximum atomic E-state index is 12.6. The van der Waals surface area contributed by atoms with E-state index < -0.39 is 0 Å². The first kappa shape index (κ1) is 18.0. The summed E-state index contributed by atoms with van der Waals surface area (Å²) in [6.07, 6.45) is 3.76. The first-order chi connectivity index (χ1) is 12.5. The third kappa shape index (κ3) is 3.73. The molecule has 0 fully saturated rings. The van der Waals surface area contributed by atoms with Crippen molar-refractivity contribution in [2.24, 2.45) is 0 Å². The average molecular weight is 371 g/mol. The highest BCUT2D eigenvalue weighted by Gasteiger charge is 2.28. The normalized spacial score (nSPS) is 15.3. The van der Waals surface area contributed by atoms with Crippen molar-refractivity contribution in [2.45, 2.75) is 19.4 Å². The van der Waals surface area contributed by atoms with Crippen molar-refractivity contribution in [3.63, 3.8) is 0 Å². The maximum absolute atomic E-state index is 12.6. The van der Waals surface area contributed by atoms with Gasteiger partial charge in [0.05, 0.1) is 24.6 Å². The molecule has 2 amide bonds. The second-order valence-electron chi connectivity index (χ2n) is 5.99. The first-order valence-electron chi connectivity index (χ1n) is 8.19. The van der Waals surface area contributed by atoms with Crippen molar-refractivity contribution in [2.75, 3.05) is 12.4 Å². The quantitative estimate of drug-likeness (QED) is 0.875. The van der Waals surface area contributed by atoms with Gasteiger partial charge >= 0.3 is 0 Å². The summed E-state index contributed by atoms with van der Waals surface area (Å²) in [7, 11) is 1.53. The van der Waals surface area contributed by atoms with E-state index in [2.05, 4.69) is 5.32 Å². The minimum atomic E-state index is -0.345. The molecule has 0 spiro atoms. The lowest BCUT2D eigenvalue weighted by atomic mass is 9.93. The molecule has 1 atom stereocenters. The summed E-state index contributed by atoms with van der Waals surface area (Å²) >= 11 is 6.10. The van der Waals surface area contributed by atoms with Crippen LogP contribution in [-0.4, -0.2) is 23.8 Å². The predicted octanol–water partition coefficient (Wildman–Crippen LogP) is 4.25. The number of carbonyl (C=O) groups excluding carboxylic acids is 2. The van der Waals surface area contributed by atoms with Gasteiger partial charge in [-0.2, -0.15) is 0 Å². The molecule has 1 N–H and O–H groups in total. The molecule has 1 aliphatic heterocycles. The number of carbonyl (C=O) groups is 2. The van der Waals surface area contributed by atoms with Gasteiger partial charge in [-0.1, -0.05) is 35.9 Å². The Balaban J connectivity index is 1.79. The van der Waals surface area contributed by atoms with Gasteiger partial charge in [0.2, 0.25) is 11.8 Å². The summed E-state index contributed by atoms with van der Waals surface area (Å²) < 4.78 is 5.11. The lowest BCUT2D eigenvalue weighted by Gasteiger charge is -2.32. The first-order valence-corrected chi connectivity index (χ1v) is 8.57. The molecule has 26 heavy (non-hydrogen) atoms. The van der Waals surface area contributed by atoms with E-state index in [1.165, 1.54) is 14.0 Å². The van der Waals surface area contributed by atoms with Gasteiger partial charge in [-0.25, -0.2) is 0 Å². The van der Waals surface area contributed by atoms with Gasteiger partial charge in [0.25, 0.3) is 0 Å². The van der Waals surface area contributed by atoms with Crippen LogP contribution in [0.25, 0.3) is 6.08 Å². The van der Waals surface area contributed by atoms with Crippen LogP contribution in [0.15, 0.2) is 48.7 Å². The van der Waals surface area contributed by atoms with Crippen LogP contribution in [-0.2, 0) is 9.59 Å². The Morgan fingerprint density at radius 2 is 2.00 bits per heavy atom. The fourth-order valence-electron chi connectivity index (χ4n) is 3.04. The van der Waals surface area contributed by atoms with Crippen LogP contribution in [0.4, 0.5) is 5.69 Å². The number of benzene rings is 2. The van der Waals surface area contributed by atoms with E-state index in [4.69, 9.17) is 16.3 Å². The van der Waals surface area contributed by atoms with Crippen molar-refractivity contribution in [1.82, 2.24) is 4.90 Å². The number of halogens is 1. The number of rotatable bonds is 4. The summed E-state index contributed by atoms with van der Waals surface area (Å²) in [5.74, 6) is 0.229. The van der Waals surface area contributed by atoms with Gasteiger partial charge in [0.1, 0.15) is 5.75 Å². The highest BCUT2D eigenvalue weighted by atomic mass is 35.5. The molecule has 0 unspecified atom stereocenters. The third-order valence-electron chi connectivity index (χ3n) is 4.28. The standard InChI is InChI=1S/C20H19ClN2O3/c1-13(24)23-10-9-14-5-3-4-6-16(14)18(23)12-20(25)22-15-7-8-19(26-2)17(21)11-15/h3-11,18H,12H2,1-2H3,(H,22,25)/t18-/m0/s1. The molecule has 0 bridgehead atoms. The van der Waals surface area contributed by atoms with E-state index in [-0.39, 0.29) is 24.3 Å². The Hall–Kier alpha value is -2.79. The van der Waals surface area contributed by atoms with Crippen molar-refractivity contribution in [1.29, 1.82) is 0 Å². The zero-order valence-corrected chi connectivity index (χ0v) is 15.3. The van der Waals surface area contributed by atoms with E-state index in [0.717, 1.165) is 11.1 Å². The number of hydrogen-bond acceptors (Lipinski definition) is 3. The van der Waals surface area contributed by atoms with E-state index in [1.54, 1.807) is 29.3 Å². The molecule has 5 nitrogen and oxygen atoms in total. The van der Waals surface area contributed by atoms with Crippen molar-refractivity contribution >= 4 is 35.2 Å². The van der Waals surface area contributed by atoms with E-state index in [1.807, 2.05) is 30.3 Å². The summed E-state index contributed by atoms with van der Waals surface area (Å²) in [4.78, 5) is 26.1. The monoisotopic (exact) mass is 370 g/mol. The molecule has 3 rings (SSSR count). The Morgan fingerprint density at radius 1 is 1.23 bits per heavy atom. The molecule has 0 radical (unpaired) electrons. The highest BCUT2D eigenvalue weighted by Crippen LogP contribution is 2.33. The van der Waals surface area contributed by atoms with Gasteiger partial charge in [-0.15, -0.1) is 0 Å². The number of anilines is 1. The Bertz CT molecular complexity index is 879. The second-order valence-corrected chi connectivity index (χ2v) is 6.40. The van der Waals surface area contributed by atoms with Crippen LogP contribution in [0.2, 0.25) is 5.02 Å². The summed E-state index contributed by atoms with van der Waals surface area (Å²) in [6, 6.07) is 12.5. The van der Waals surface area contributed by atoms with Crippen molar-refractivity contribution < 1.29 is 14.3 Å². The molecular formula is C20H19ClN2O3. The number of fused-ring (bicyclic) bond motifs is 1. The summed E-state index contributed by atoms with van der Waals surface area (Å²) in [5, 5.41) is 3.25. The molecule has 2 aromatic rings. The molecule has 0 aliphatic carbocycles. The number of amides is 2. The minimum Gasteiger partial charge on any atom is -0.495 e. The summed E-state index contributed by atoms with van der Waals surface area (Å²) in [5.41, 5.74) is 2.54. The number of nitrogens with one attached hydrogen (secondary N) is 1. The van der Waals surface area contributed by atoms with E-state index in [9.17, 15) is 9.59 Å². The molecule has 134 valence electrons. The van der Waals surface area contributed by atoms with Crippen LogP contribution in [0.5, 0.6) is 5.75 Å². The molecule has 0 saturated carbocycles. The number of ether oxygens (including phenoxy) is 1. The van der Waals surface area contributed by atoms with Crippen LogP contribution in [0.3, 0.4) is 0 Å². The lowest BCUT2D eigenvalue weighted by Crippen LogP contribution is -2.33. The second kappa shape index (κ2) is 7.62. The smallest absolute Gasteiger partial charge is 0.226 e. The Labute approximate surface area is 157 Å². The number of nitrogens with zero attached hydrogens (tertiary/aromatic N) is 1. The molecular weight excluding hydrogens is 352 g/mol. The minimum absolute atomic E-state index is 0.110. The molecule has 1 heterocycles. The molecule has 1 aliphatic rings. The van der Waals surface area contributed by atoms with E-state index in [0.29, 0.717) is 16.5 Å². The largest absolute Gasteiger partial charge is 0.495 e. The van der Waals surface area contributed by atoms with Gasteiger partial charge in [-0.3, -0.25) is 9.59 Å². The molecule has 0 aromatic heterocycles. The van der Waals surface area contributed by atoms with Crippen LogP contribution in [0.1, 0.15) is 30.5 Å². The van der Waals surface area contributed by atoms with Gasteiger partial charge < -0.3 is 15.0 Å². The number of methoxy groups -OCH3 is 1. The highest BCUT2D eigenvalue weighted by molar-refractivity contribution is 6.32. The zero-order valence-electron chi connectivity index (χ0n) is 14.5. The van der Waals surface area contributed by atoms with E-state index >= 15 is 0 Å². The lowest BCUT2D eigenvalue weighted by molar-refractivity contribution is -0.129. The fourth-order valence-corrected chi connectivity index (χ4v) is 3.30. The number of hydrogen-bond donors (Lipinski definition) is 1. The zero-order chi connectivity index (χ0) is 18.7. The predicted molar refractivity (Wildman–Crippen MR) is 102 cm³/mol.